The molecule has 0 amide bonds. The highest BCUT2D eigenvalue weighted by molar-refractivity contribution is 7.14. The average Bonchev–Trinajstić information content (AvgIpc) is 2.87. The molecule has 7 heteroatoms. The third kappa shape index (κ3) is 2.57. The summed E-state index contributed by atoms with van der Waals surface area (Å²) in [5.74, 6) is 0. The second-order valence-electron chi connectivity index (χ2n) is 3.06. The van der Waals surface area contributed by atoms with E-state index in [-0.39, 0.29) is 0 Å². The molecular weight excluding hydrogens is 212 g/mol. The zero-order valence-corrected chi connectivity index (χ0v) is 9.21. The van der Waals surface area contributed by atoms with Gasteiger partial charge >= 0.3 is 0 Å². The lowest BCUT2D eigenvalue weighted by Crippen LogP contribution is -2.08. The number of aromatic nitrogens is 5. The molecule has 0 saturated carbocycles. The Kier molecular flexibility index (Phi) is 3.36. The minimum Gasteiger partial charge on any atom is -0.320 e. The quantitative estimate of drug-likeness (QED) is 0.722. The molecule has 2 heterocycles. The molecule has 80 valence electrons. The molecule has 0 unspecified atom stereocenters. The molecule has 0 bridgehead atoms. The van der Waals surface area contributed by atoms with Gasteiger partial charge in [-0.2, -0.15) is 15.4 Å². The van der Waals surface area contributed by atoms with Gasteiger partial charge in [0.1, 0.15) is 10.7 Å². The Bertz CT molecular complexity index is 395. The highest BCUT2D eigenvalue weighted by Crippen LogP contribution is 2.20. The van der Waals surface area contributed by atoms with Crippen LogP contribution in [0.4, 0.5) is 0 Å². The lowest BCUT2D eigenvalue weighted by Gasteiger charge is -1.93. The largest absolute Gasteiger partial charge is 0.320 e. The summed E-state index contributed by atoms with van der Waals surface area (Å²) in [6.45, 7) is 0.999. The molecule has 2 aromatic rings. The maximum atomic E-state index is 4.10. The van der Waals surface area contributed by atoms with Gasteiger partial charge < -0.3 is 5.32 Å². The van der Waals surface area contributed by atoms with E-state index in [1.165, 1.54) is 0 Å². The van der Waals surface area contributed by atoms with Crippen LogP contribution in [0.3, 0.4) is 0 Å². The van der Waals surface area contributed by atoms with E-state index in [4.69, 9.17) is 0 Å². The van der Waals surface area contributed by atoms with Crippen LogP contribution in [-0.2, 0) is 6.42 Å². The number of aromatic amines is 1. The monoisotopic (exact) mass is 224 g/mol. The van der Waals surface area contributed by atoms with Crippen molar-refractivity contribution in [2.24, 2.45) is 0 Å². The fourth-order valence-corrected chi connectivity index (χ4v) is 2.01. The van der Waals surface area contributed by atoms with Gasteiger partial charge in [-0.25, -0.2) is 0 Å². The number of hydrogen-bond donors (Lipinski definition) is 2. The Morgan fingerprint density at radius 2 is 2.40 bits per heavy atom. The van der Waals surface area contributed by atoms with Gasteiger partial charge in [-0.05, 0) is 20.0 Å². The number of nitrogens with one attached hydrogen (secondary N) is 2. The van der Waals surface area contributed by atoms with E-state index < -0.39 is 0 Å². The van der Waals surface area contributed by atoms with Crippen LogP contribution in [0, 0.1) is 0 Å². The zero-order chi connectivity index (χ0) is 10.5. The summed E-state index contributed by atoms with van der Waals surface area (Å²) in [7, 11) is 1.95. The number of aryl methyl sites for hydroxylation is 1. The third-order valence-electron chi connectivity index (χ3n) is 1.92. The summed E-state index contributed by atoms with van der Waals surface area (Å²) in [5.41, 5.74) is 0.757. The molecular formula is C8H12N6S. The maximum absolute atomic E-state index is 4.10. The highest BCUT2D eigenvalue weighted by atomic mass is 32.1. The van der Waals surface area contributed by atoms with Gasteiger partial charge in [0, 0.05) is 6.42 Å². The maximum Gasteiger partial charge on any atom is 0.169 e. The van der Waals surface area contributed by atoms with E-state index in [0.717, 1.165) is 35.1 Å². The van der Waals surface area contributed by atoms with Gasteiger partial charge in [0.05, 0.1) is 6.20 Å². The number of hydrogen-bond acceptors (Lipinski definition) is 6. The van der Waals surface area contributed by atoms with Gasteiger partial charge in [-0.3, -0.25) is 0 Å². The molecule has 0 fully saturated rings. The first-order valence-electron chi connectivity index (χ1n) is 4.73. The summed E-state index contributed by atoms with van der Waals surface area (Å²) in [6.07, 6.45) is 3.68. The lowest BCUT2D eigenvalue weighted by atomic mass is 10.3. The predicted octanol–water partition coefficient (Wildman–Crippen LogP) is 0.475. The predicted molar refractivity (Wildman–Crippen MR) is 57.5 cm³/mol. The van der Waals surface area contributed by atoms with Gasteiger partial charge in [0.2, 0.25) is 0 Å². The summed E-state index contributed by atoms with van der Waals surface area (Å²) in [5, 5.41) is 23.4. The number of H-pyrrole nitrogens is 1. The second kappa shape index (κ2) is 4.94. The topological polar surface area (TPSA) is 79.4 Å². The van der Waals surface area contributed by atoms with Gasteiger partial charge in [0.15, 0.2) is 5.01 Å². The van der Waals surface area contributed by atoms with E-state index in [9.17, 15) is 0 Å². The fourth-order valence-electron chi connectivity index (χ4n) is 1.18. The van der Waals surface area contributed by atoms with Crippen LogP contribution in [0.25, 0.3) is 10.7 Å². The zero-order valence-electron chi connectivity index (χ0n) is 8.40. The molecule has 15 heavy (non-hydrogen) atoms. The van der Waals surface area contributed by atoms with Crippen LogP contribution in [0.15, 0.2) is 6.20 Å². The van der Waals surface area contributed by atoms with Crippen molar-refractivity contribution in [3.63, 3.8) is 0 Å². The number of nitrogens with zero attached hydrogens (tertiary/aromatic N) is 4. The molecule has 0 radical (unpaired) electrons. The van der Waals surface area contributed by atoms with E-state index in [1.54, 1.807) is 17.5 Å². The average molecular weight is 224 g/mol. The van der Waals surface area contributed by atoms with Crippen LogP contribution in [0.1, 0.15) is 11.4 Å². The highest BCUT2D eigenvalue weighted by Gasteiger charge is 2.08. The normalized spacial score (nSPS) is 10.7. The number of rotatable bonds is 5. The summed E-state index contributed by atoms with van der Waals surface area (Å²) >= 11 is 1.57. The van der Waals surface area contributed by atoms with E-state index >= 15 is 0 Å². The molecule has 0 spiro atoms. The van der Waals surface area contributed by atoms with E-state index in [0.29, 0.717) is 0 Å². The van der Waals surface area contributed by atoms with Crippen LogP contribution >= 0.6 is 11.3 Å². The molecule has 2 aromatic heterocycles. The van der Waals surface area contributed by atoms with Crippen LogP contribution in [0.5, 0.6) is 0 Å². The van der Waals surface area contributed by atoms with Crippen LogP contribution < -0.4 is 5.32 Å². The molecule has 0 aliphatic heterocycles. The standard InChI is InChI=1S/C8H12N6S/c1-9-4-2-3-7-12-13-8(15-7)6-5-10-14-11-6/h5,9H,2-4H2,1H3,(H,10,11,14). The Morgan fingerprint density at radius 3 is 3.13 bits per heavy atom. The van der Waals surface area contributed by atoms with Crippen molar-refractivity contribution in [1.82, 2.24) is 30.9 Å². The van der Waals surface area contributed by atoms with E-state index in [1.807, 2.05) is 7.05 Å². The minimum atomic E-state index is 0.757. The first kappa shape index (κ1) is 10.2. The molecule has 2 rings (SSSR count). The van der Waals surface area contributed by atoms with Crippen molar-refractivity contribution in [3.8, 4) is 10.7 Å². The molecule has 2 N–H and O–H groups in total. The molecule has 0 saturated heterocycles. The summed E-state index contributed by atoms with van der Waals surface area (Å²) in [6, 6.07) is 0. The Labute approximate surface area is 91.1 Å². The van der Waals surface area contributed by atoms with E-state index in [2.05, 4.69) is 30.9 Å². The smallest absolute Gasteiger partial charge is 0.169 e. The van der Waals surface area contributed by atoms with Crippen molar-refractivity contribution in [3.05, 3.63) is 11.2 Å². The molecule has 0 atom stereocenters. The SMILES string of the molecule is CNCCCc1nnc(-c2cn[nH]n2)s1. The van der Waals surface area contributed by atoms with Crippen molar-refractivity contribution < 1.29 is 0 Å². The Hall–Kier alpha value is -1.34. The molecule has 0 aliphatic rings. The minimum absolute atomic E-state index is 0.757. The molecule has 0 aliphatic carbocycles. The van der Waals surface area contributed by atoms with Crippen molar-refractivity contribution in [2.75, 3.05) is 13.6 Å². The first-order chi connectivity index (χ1) is 7.40. The van der Waals surface area contributed by atoms with Crippen LogP contribution in [-0.4, -0.2) is 39.2 Å². The Balaban J connectivity index is 1.98. The van der Waals surface area contributed by atoms with Crippen LogP contribution in [0.2, 0.25) is 0 Å². The van der Waals surface area contributed by atoms with Crippen molar-refractivity contribution in [1.29, 1.82) is 0 Å². The molecule has 6 nitrogen and oxygen atoms in total. The summed E-state index contributed by atoms with van der Waals surface area (Å²) in [4.78, 5) is 0. The first-order valence-corrected chi connectivity index (χ1v) is 5.55. The van der Waals surface area contributed by atoms with Gasteiger partial charge in [-0.15, -0.1) is 10.2 Å². The van der Waals surface area contributed by atoms with Gasteiger partial charge in [0.25, 0.3) is 0 Å². The summed E-state index contributed by atoms with van der Waals surface area (Å²) < 4.78 is 0. The Morgan fingerprint density at radius 1 is 1.47 bits per heavy atom. The van der Waals surface area contributed by atoms with Crippen molar-refractivity contribution in [2.45, 2.75) is 12.8 Å². The fraction of sp³-hybridized carbons (Fsp3) is 0.500. The van der Waals surface area contributed by atoms with Gasteiger partial charge in [-0.1, -0.05) is 11.3 Å². The van der Waals surface area contributed by atoms with Crippen molar-refractivity contribution >= 4 is 11.3 Å². The molecule has 0 aromatic carbocycles. The lowest BCUT2D eigenvalue weighted by molar-refractivity contribution is 0.718. The second-order valence-corrected chi connectivity index (χ2v) is 4.13. The third-order valence-corrected chi connectivity index (χ3v) is 2.92.